The first-order valence-electron chi connectivity index (χ1n) is 0.894. The van der Waals surface area contributed by atoms with Gasteiger partial charge in [0, 0.05) is 0 Å². The summed E-state index contributed by atoms with van der Waals surface area (Å²) in [6.07, 6.45) is 0. The van der Waals surface area contributed by atoms with Crippen molar-refractivity contribution in [2.75, 3.05) is 0 Å². The quantitative estimate of drug-likeness (QED) is 0.301. The summed E-state index contributed by atoms with van der Waals surface area (Å²) in [5.41, 5.74) is 0. The van der Waals surface area contributed by atoms with Crippen LogP contribution in [-0.4, -0.2) is 66.0 Å². The van der Waals surface area contributed by atoms with Gasteiger partial charge in [-0.25, -0.2) is 0 Å². The molecule has 0 unspecified atom stereocenters. The maximum Gasteiger partial charge on any atom is 2.00 e. The fourth-order valence-electron chi connectivity index (χ4n) is 0. The fraction of sp³-hybridized carbons (Fsp3) is 0. The van der Waals surface area contributed by atoms with E-state index in [1.165, 1.54) is 0 Å². The van der Waals surface area contributed by atoms with Gasteiger partial charge in [-0.15, -0.1) is 0 Å². The van der Waals surface area contributed by atoms with Crippen molar-refractivity contribution in [2.24, 2.45) is 0 Å². The third kappa shape index (κ3) is 88.6. The first-order chi connectivity index (χ1) is 2.00. The molecule has 0 aliphatic carbocycles. The molecule has 0 atom stereocenters. The van der Waals surface area contributed by atoms with E-state index in [0.717, 1.165) is 0 Å². The summed E-state index contributed by atoms with van der Waals surface area (Å²) in [5, 5.41) is 0. The van der Waals surface area contributed by atoms with E-state index in [4.69, 9.17) is 19.2 Å². The van der Waals surface area contributed by atoms with Crippen molar-refractivity contribution < 1.29 is 22.0 Å². The smallest absolute Gasteiger partial charge is 1.00 e. The first-order valence-corrected chi connectivity index (χ1v) is 2.68. The van der Waals surface area contributed by atoms with E-state index in [1.54, 1.807) is 0 Å². The van der Waals surface area contributed by atoms with E-state index in [-0.39, 0.29) is 54.1 Å². The zero-order chi connectivity index (χ0) is 4.50. The third-order valence-electron chi connectivity index (χ3n) is 0. The molecule has 0 radical (unpaired) electrons. The van der Waals surface area contributed by atoms with Crippen LogP contribution in [0.4, 0.5) is 0 Å². The Morgan fingerprint density at radius 2 is 1.00 bits per heavy atom. The van der Waals surface area contributed by atoms with Crippen molar-refractivity contribution in [2.45, 2.75) is 0 Å². The standard InChI is InChI=1S/Ca.H4O4Si.H2S.2H/c;1-5(2,3)4;;;/h;1-4H;1H2;;/q+2;;;2*-1. The summed E-state index contributed by atoms with van der Waals surface area (Å²) in [6.45, 7) is 0. The van der Waals surface area contributed by atoms with E-state index in [2.05, 4.69) is 0 Å². The summed E-state index contributed by atoms with van der Waals surface area (Å²) in [4.78, 5) is 29.3. The monoisotopic (exact) mass is 172 g/mol. The molecule has 7 heavy (non-hydrogen) atoms. The average molecular weight is 172 g/mol. The number of hydrogen-bond acceptors (Lipinski definition) is 4. The van der Waals surface area contributed by atoms with Crippen LogP contribution in [0.1, 0.15) is 2.85 Å². The predicted octanol–water partition coefficient (Wildman–Crippen LogP) is -2.65. The minimum absolute atomic E-state index is 0. The summed E-state index contributed by atoms with van der Waals surface area (Å²) < 4.78 is 0. The second kappa shape index (κ2) is 5.80. The first kappa shape index (κ1) is 15.9. The van der Waals surface area contributed by atoms with Gasteiger partial charge in [-0.1, -0.05) is 0 Å². The van der Waals surface area contributed by atoms with Crippen LogP contribution in [-0.2, 0) is 0 Å². The van der Waals surface area contributed by atoms with Crippen LogP contribution in [0.3, 0.4) is 0 Å². The van der Waals surface area contributed by atoms with Gasteiger partial charge in [0.1, 0.15) is 0 Å². The van der Waals surface area contributed by atoms with E-state index >= 15 is 0 Å². The van der Waals surface area contributed by atoms with Crippen LogP contribution in [0.25, 0.3) is 0 Å². The molecule has 0 rings (SSSR count). The van der Waals surface area contributed by atoms with Crippen LogP contribution in [0.2, 0.25) is 0 Å². The van der Waals surface area contributed by atoms with Crippen LogP contribution in [0.5, 0.6) is 0 Å². The maximum atomic E-state index is 7.33. The van der Waals surface area contributed by atoms with Crippen LogP contribution in [0, 0.1) is 0 Å². The van der Waals surface area contributed by atoms with Crippen molar-refractivity contribution in [1.82, 2.24) is 0 Å². The Bertz CT molecular complexity index is 34.0. The molecule has 0 bridgehead atoms. The molecule has 4 N–H and O–H groups in total. The molecule has 0 aromatic carbocycles. The molecule has 0 aromatic rings. The maximum absolute atomic E-state index is 7.33. The van der Waals surface area contributed by atoms with Crippen LogP contribution in [0.15, 0.2) is 0 Å². The molecule has 7 heteroatoms. The molecule has 0 aliphatic heterocycles. The molecule has 0 spiro atoms. The van der Waals surface area contributed by atoms with Crippen molar-refractivity contribution in [3.63, 3.8) is 0 Å². The molecular formula is H8CaO4SSi. The van der Waals surface area contributed by atoms with Crippen LogP contribution < -0.4 is 0 Å². The molecule has 44 valence electrons. The summed E-state index contributed by atoms with van der Waals surface area (Å²) >= 11 is 0. The molecule has 0 heterocycles. The van der Waals surface area contributed by atoms with Gasteiger partial charge < -0.3 is 22.0 Å². The molecule has 0 amide bonds. The van der Waals surface area contributed by atoms with Gasteiger partial charge in [0.25, 0.3) is 0 Å². The zero-order valence-corrected chi connectivity index (χ0v) is 7.70. The largest absolute Gasteiger partial charge is 2.00 e. The van der Waals surface area contributed by atoms with Crippen molar-refractivity contribution in [3.8, 4) is 0 Å². The summed E-state index contributed by atoms with van der Waals surface area (Å²) in [6, 6.07) is 0. The van der Waals surface area contributed by atoms with E-state index in [9.17, 15) is 0 Å². The third-order valence-corrected chi connectivity index (χ3v) is 0. The Kier molecular flexibility index (Phi) is 13.1. The second-order valence-electron chi connectivity index (χ2n) is 0.600. The van der Waals surface area contributed by atoms with Gasteiger partial charge in [-0.3, -0.25) is 0 Å². The van der Waals surface area contributed by atoms with Gasteiger partial charge in [0.2, 0.25) is 0 Å². The molecule has 4 nitrogen and oxygen atoms in total. The SMILES string of the molecule is O[Si](O)(O)O.S.[Ca+2].[H-].[H-]. The van der Waals surface area contributed by atoms with Gasteiger partial charge in [-0.2, -0.15) is 13.5 Å². The van der Waals surface area contributed by atoms with Gasteiger partial charge in [-0.05, 0) is 0 Å². The molecule has 0 fully saturated rings. The minimum Gasteiger partial charge on any atom is -1.00 e. The predicted molar refractivity (Wildman–Crippen MR) is 33.0 cm³/mol. The second-order valence-corrected chi connectivity index (χ2v) is 1.80. The van der Waals surface area contributed by atoms with E-state index in [1.807, 2.05) is 0 Å². The van der Waals surface area contributed by atoms with E-state index in [0.29, 0.717) is 0 Å². The topological polar surface area (TPSA) is 80.9 Å². The Morgan fingerprint density at radius 1 is 1.00 bits per heavy atom. The average Bonchev–Trinajstić information content (AvgIpc) is 0.722. The fourth-order valence-corrected chi connectivity index (χ4v) is 0. The van der Waals surface area contributed by atoms with Crippen LogP contribution >= 0.6 is 13.5 Å². The minimum atomic E-state index is -4.61. The van der Waals surface area contributed by atoms with Crippen molar-refractivity contribution in [1.29, 1.82) is 0 Å². The molecule has 0 aliphatic rings. The van der Waals surface area contributed by atoms with Gasteiger partial charge in [0.15, 0.2) is 0 Å². The zero-order valence-electron chi connectivity index (χ0n) is 5.50. The van der Waals surface area contributed by atoms with Crippen molar-refractivity contribution in [3.05, 3.63) is 0 Å². The molecule has 0 aromatic heterocycles. The number of rotatable bonds is 0. The molecule has 0 saturated heterocycles. The van der Waals surface area contributed by atoms with E-state index < -0.39 is 9.05 Å². The normalized spacial score (nSPS) is 8.57. The summed E-state index contributed by atoms with van der Waals surface area (Å²) in [7, 11) is -4.61. The number of hydrogen-bond donors (Lipinski definition) is 4. The Morgan fingerprint density at radius 3 is 1.00 bits per heavy atom. The van der Waals surface area contributed by atoms with Gasteiger partial charge in [0.05, 0.1) is 0 Å². The Hall–Kier alpha value is 1.67. The van der Waals surface area contributed by atoms with Gasteiger partial charge >= 0.3 is 46.8 Å². The molecular weight excluding hydrogens is 164 g/mol. The summed E-state index contributed by atoms with van der Waals surface area (Å²) in [5.74, 6) is 0. The molecule has 0 saturated carbocycles. The van der Waals surface area contributed by atoms with Crippen molar-refractivity contribution >= 4 is 60.3 Å². The Balaban J connectivity index is -0.0000000133. The Labute approximate surface area is 81.7 Å².